The van der Waals surface area contributed by atoms with Crippen molar-refractivity contribution in [2.45, 2.75) is 25.6 Å². The molecule has 2 aliphatic rings. The quantitative estimate of drug-likeness (QED) is 0.818. The Balaban J connectivity index is 1.42. The Morgan fingerprint density at radius 3 is 2.65 bits per heavy atom. The van der Waals surface area contributed by atoms with Crippen LogP contribution >= 0.6 is 0 Å². The Labute approximate surface area is 147 Å². The first-order valence-corrected chi connectivity index (χ1v) is 8.45. The fourth-order valence-electron chi connectivity index (χ4n) is 3.77. The Morgan fingerprint density at radius 2 is 1.96 bits per heavy atom. The van der Waals surface area contributed by atoms with Crippen molar-refractivity contribution < 1.29 is 22.8 Å². The van der Waals surface area contributed by atoms with Crippen LogP contribution in [-0.2, 0) is 11.3 Å². The maximum atomic E-state index is 12.7. The SMILES string of the molecule is O=C1c2cnc3cccc(n23)CN1CC1CCN(C(=O)C(F)(F)F)CC1. The summed E-state index contributed by atoms with van der Waals surface area (Å²) in [5.74, 6) is -1.82. The Bertz CT molecular complexity index is 869. The molecule has 0 saturated carbocycles. The normalized spacial score (nSPS) is 18.7. The summed E-state index contributed by atoms with van der Waals surface area (Å²) in [7, 11) is 0. The number of aromatic nitrogens is 2. The minimum atomic E-state index is -4.83. The number of hydrogen-bond donors (Lipinski definition) is 0. The van der Waals surface area contributed by atoms with Crippen molar-refractivity contribution in [3.8, 4) is 0 Å². The van der Waals surface area contributed by atoms with Crippen molar-refractivity contribution in [2.75, 3.05) is 19.6 Å². The van der Waals surface area contributed by atoms with Gasteiger partial charge in [0.1, 0.15) is 11.3 Å². The first-order valence-electron chi connectivity index (χ1n) is 8.45. The molecule has 0 unspecified atom stereocenters. The fraction of sp³-hybridized carbons (Fsp3) is 0.471. The van der Waals surface area contributed by atoms with Gasteiger partial charge >= 0.3 is 12.1 Å². The fourth-order valence-corrected chi connectivity index (χ4v) is 3.77. The van der Waals surface area contributed by atoms with Crippen LogP contribution in [0.4, 0.5) is 13.2 Å². The smallest absolute Gasteiger partial charge is 0.335 e. The van der Waals surface area contributed by atoms with E-state index < -0.39 is 12.1 Å². The molecule has 2 aromatic rings. The number of likely N-dealkylation sites (tertiary alicyclic amines) is 1. The molecule has 6 nitrogen and oxygen atoms in total. The number of piperidine rings is 1. The molecule has 9 heteroatoms. The molecule has 2 aromatic heterocycles. The maximum absolute atomic E-state index is 12.7. The van der Waals surface area contributed by atoms with Crippen LogP contribution in [0.25, 0.3) is 5.65 Å². The van der Waals surface area contributed by atoms with Gasteiger partial charge in [0.2, 0.25) is 0 Å². The van der Waals surface area contributed by atoms with Crippen LogP contribution in [0.2, 0.25) is 0 Å². The summed E-state index contributed by atoms with van der Waals surface area (Å²) in [5.41, 5.74) is 2.19. The summed E-state index contributed by atoms with van der Waals surface area (Å²) in [5, 5.41) is 0. The summed E-state index contributed by atoms with van der Waals surface area (Å²) < 4.78 is 39.4. The summed E-state index contributed by atoms with van der Waals surface area (Å²) in [6.45, 7) is 1.05. The van der Waals surface area contributed by atoms with E-state index >= 15 is 0 Å². The topological polar surface area (TPSA) is 57.9 Å². The van der Waals surface area contributed by atoms with Crippen molar-refractivity contribution in [3.63, 3.8) is 0 Å². The molecule has 0 spiro atoms. The highest BCUT2D eigenvalue weighted by Crippen LogP contribution is 2.27. The number of carbonyl (C=O) groups excluding carboxylic acids is 2. The molecule has 0 radical (unpaired) electrons. The number of pyridine rings is 1. The Morgan fingerprint density at radius 1 is 1.23 bits per heavy atom. The average Bonchev–Trinajstić information content (AvgIpc) is 3.04. The molecule has 0 aliphatic carbocycles. The van der Waals surface area contributed by atoms with E-state index in [-0.39, 0.29) is 24.9 Å². The van der Waals surface area contributed by atoms with Crippen molar-refractivity contribution in [1.82, 2.24) is 19.2 Å². The van der Waals surface area contributed by atoms with Gasteiger partial charge in [0.25, 0.3) is 5.91 Å². The number of carbonyl (C=O) groups is 2. The lowest BCUT2D eigenvalue weighted by Crippen LogP contribution is -2.47. The second-order valence-corrected chi connectivity index (χ2v) is 6.77. The van der Waals surface area contributed by atoms with E-state index in [4.69, 9.17) is 0 Å². The third kappa shape index (κ3) is 2.81. The average molecular weight is 366 g/mol. The van der Waals surface area contributed by atoms with Gasteiger partial charge in [-0.05, 0) is 30.9 Å². The third-order valence-corrected chi connectivity index (χ3v) is 5.09. The highest BCUT2D eigenvalue weighted by molar-refractivity contribution is 5.94. The van der Waals surface area contributed by atoms with Gasteiger partial charge in [-0.15, -0.1) is 0 Å². The summed E-state index contributed by atoms with van der Waals surface area (Å²) in [6.07, 6.45) is -2.37. The largest absolute Gasteiger partial charge is 0.471 e. The lowest BCUT2D eigenvalue weighted by atomic mass is 9.95. The second kappa shape index (κ2) is 6.00. The summed E-state index contributed by atoms with van der Waals surface area (Å²) >= 11 is 0. The number of imidazole rings is 1. The molecular formula is C17H17F3N4O2. The number of nitrogens with zero attached hydrogens (tertiary/aromatic N) is 4. The van der Waals surface area contributed by atoms with Gasteiger partial charge in [0.15, 0.2) is 0 Å². The van der Waals surface area contributed by atoms with E-state index in [2.05, 4.69) is 4.98 Å². The monoisotopic (exact) mass is 366 g/mol. The van der Waals surface area contributed by atoms with Gasteiger partial charge in [-0.25, -0.2) is 4.98 Å². The number of halogens is 3. The molecule has 2 aliphatic heterocycles. The van der Waals surface area contributed by atoms with Crippen molar-refractivity contribution in [1.29, 1.82) is 0 Å². The van der Waals surface area contributed by atoms with E-state index in [1.165, 1.54) is 0 Å². The molecule has 26 heavy (non-hydrogen) atoms. The molecule has 1 saturated heterocycles. The third-order valence-electron chi connectivity index (χ3n) is 5.09. The van der Waals surface area contributed by atoms with Gasteiger partial charge in [0.05, 0.1) is 12.7 Å². The standard InChI is InChI=1S/C17H17F3N4O2/c18-17(19,20)16(26)22-6-4-11(5-7-22)9-23-10-12-2-1-3-14-21-8-13(15(23)25)24(12)14/h1-3,8,11H,4-7,9-10H2. The lowest BCUT2D eigenvalue weighted by molar-refractivity contribution is -0.186. The lowest BCUT2D eigenvalue weighted by Gasteiger charge is -2.36. The molecule has 138 valence electrons. The predicted octanol–water partition coefficient (Wildman–Crippen LogP) is 2.09. The van der Waals surface area contributed by atoms with Crippen LogP contribution in [-0.4, -0.2) is 56.8 Å². The molecule has 4 rings (SSSR count). The van der Waals surface area contributed by atoms with E-state index in [0.717, 1.165) is 16.2 Å². The van der Waals surface area contributed by atoms with Crippen LogP contribution in [0.3, 0.4) is 0 Å². The molecule has 0 atom stereocenters. The van der Waals surface area contributed by atoms with Gasteiger partial charge in [-0.3, -0.25) is 14.0 Å². The number of rotatable bonds is 2. The molecule has 0 aromatic carbocycles. The zero-order chi connectivity index (χ0) is 18.5. The highest BCUT2D eigenvalue weighted by atomic mass is 19.4. The minimum Gasteiger partial charge on any atom is -0.335 e. The molecule has 2 amide bonds. The Kier molecular flexibility index (Phi) is 3.89. The van der Waals surface area contributed by atoms with Gasteiger partial charge in [0, 0.05) is 25.3 Å². The van der Waals surface area contributed by atoms with E-state index in [1.54, 1.807) is 11.1 Å². The molecule has 0 bridgehead atoms. The minimum absolute atomic E-state index is 0.0680. The van der Waals surface area contributed by atoms with Crippen LogP contribution < -0.4 is 0 Å². The number of hydrogen-bond acceptors (Lipinski definition) is 3. The van der Waals surface area contributed by atoms with Gasteiger partial charge < -0.3 is 9.80 Å². The van der Waals surface area contributed by atoms with Crippen molar-refractivity contribution >= 4 is 17.5 Å². The zero-order valence-corrected chi connectivity index (χ0v) is 13.9. The zero-order valence-electron chi connectivity index (χ0n) is 13.9. The van der Waals surface area contributed by atoms with Crippen molar-refractivity contribution in [2.24, 2.45) is 5.92 Å². The maximum Gasteiger partial charge on any atom is 0.471 e. The van der Waals surface area contributed by atoms with Crippen LogP contribution in [0.1, 0.15) is 29.0 Å². The highest BCUT2D eigenvalue weighted by Gasteiger charge is 2.43. The summed E-state index contributed by atoms with van der Waals surface area (Å²) in [6, 6.07) is 5.65. The van der Waals surface area contributed by atoms with Crippen molar-refractivity contribution in [3.05, 3.63) is 35.8 Å². The number of alkyl halides is 3. The van der Waals surface area contributed by atoms with E-state index in [0.29, 0.717) is 31.6 Å². The number of amides is 2. The molecule has 1 fully saturated rings. The first kappa shape index (κ1) is 16.9. The molecular weight excluding hydrogens is 349 g/mol. The first-order chi connectivity index (χ1) is 12.3. The van der Waals surface area contributed by atoms with E-state index in [1.807, 2.05) is 22.6 Å². The van der Waals surface area contributed by atoms with E-state index in [9.17, 15) is 22.8 Å². The molecule has 0 N–H and O–H groups in total. The van der Waals surface area contributed by atoms with Gasteiger partial charge in [-0.2, -0.15) is 13.2 Å². The summed E-state index contributed by atoms with van der Waals surface area (Å²) in [4.78, 5) is 30.8. The Hall–Kier alpha value is -2.58. The van der Waals surface area contributed by atoms with Crippen LogP contribution in [0.15, 0.2) is 24.4 Å². The van der Waals surface area contributed by atoms with Crippen LogP contribution in [0, 0.1) is 5.92 Å². The van der Waals surface area contributed by atoms with Crippen LogP contribution in [0.5, 0.6) is 0 Å². The van der Waals surface area contributed by atoms with Gasteiger partial charge in [-0.1, -0.05) is 6.07 Å². The predicted molar refractivity (Wildman–Crippen MR) is 85.3 cm³/mol. The molecule has 4 heterocycles. The second-order valence-electron chi connectivity index (χ2n) is 6.77.